The van der Waals surface area contributed by atoms with Crippen molar-refractivity contribution in [3.63, 3.8) is 0 Å². The fourth-order valence-electron chi connectivity index (χ4n) is 1.44. The SMILES string of the molecule is CN1CCC(NC(=O)CCCl)C1. The number of likely N-dealkylation sites (N-methyl/N-ethyl adjacent to an activating group) is 1. The van der Waals surface area contributed by atoms with E-state index in [1.165, 1.54) is 0 Å². The van der Waals surface area contributed by atoms with Gasteiger partial charge in [0.05, 0.1) is 0 Å². The Hall–Kier alpha value is -0.280. The number of hydrogen-bond acceptors (Lipinski definition) is 2. The van der Waals surface area contributed by atoms with Crippen LogP contribution in [-0.4, -0.2) is 42.9 Å². The Balaban J connectivity index is 2.18. The summed E-state index contributed by atoms with van der Waals surface area (Å²) in [5, 5.41) is 2.95. The predicted molar refractivity (Wildman–Crippen MR) is 49.4 cm³/mol. The maximum atomic E-state index is 11.1. The van der Waals surface area contributed by atoms with E-state index in [1.54, 1.807) is 0 Å². The van der Waals surface area contributed by atoms with Crippen molar-refractivity contribution in [2.24, 2.45) is 0 Å². The van der Waals surface area contributed by atoms with Gasteiger partial charge in [0.25, 0.3) is 0 Å². The molecule has 1 unspecified atom stereocenters. The molecule has 3 nitrogen and oxygen atoms in total. The minimum Gasteiger partial charge on any atom is -0.352 e. The molecule has 0 aromatic carbocycles. The van der Waals surface area contributed by atoms with E-state index in [0.29, 0.717) is 18.3 Å². The third kappa shape index (κ3) is 2.99. The molecule has 1 fully saturated rings. The standard InChI is InChI=1S/C8H15ClN2O/c1-11-5-3-7(6-11)10-8(12)2-4-9/h7H,2-6H2,1H3,(H,10,12). The van der Waals surface area contributed by atoms with Crippen LogP contribution in [0.1, 0.15) is 12.8 Å². The van der Waals surface area contributed by atoms with Crippen LogP contribution in [0.15, 0.2) is 0 Å². The summed E-state index contributed by atoms with van der Waals surface area (Å²) in [4.78, 5) is 13.3. The topological polar surface area (TPSA) is 32.3 Å². The number of carbonyl (C=O) groups is 1. The lowest BCUT2D eigenvalue weighted by molar-refractivity contribution is -0.121. The zero-order valence-electron chi connectivity index (χ0n) is 7.35. The van der Waals surface area contributed by atoms with Crippen molar-refractivity contribution in [3.05, 3.63) is 0 Å². The van der Waals surface area contributed by atoms with Crippen molar-refractivity contribution < 1.29 is 4.79 Å². The molecule has 0 aliphatic carbocycles. The number of nitrogens with one attached hydrogen (secondary N) is 1. The molecule has 12 heavy (non-hydrogen) atoms. The summed E-state index contributed by atoms with van der Waals surface area (Å²) in [7, 11) is 2.06. The lowest BCUT2D eigenvalue weighted by atomic mass is 10.2. The van der Waals surface area contributed by atoms with E-state index in [2.05, 4.69) is 17.3 Å². The van der Waals surface area contributed by atoms with Gasteiger partial charge in [0.1, 0.15) is 0 Å². The van der Waals surface area contributed by atoms with E-state index in [0.717, 1.165) is 19.5 Å². The van der Waals surface area contributed by atoms with Crippen molar-refractivity contribution in [3.8, 4) is 0 Å². The lowest BCUT2D eigenvalue weighted by Crippen LogP contribution is -2.36. The normalized spacial score (nSPS) is 24.3. The first-order valence-electron chi connectivity index (χ1n) is 4.26. The molecule has 1 heterocycles. The van der Waals surface area contributed by atoms with Gasteiger partial charge in [0.2, 0.25) is 5.91 Å². The van der Waals surface area contributed by atoms with Gasteiger partial charge in [-0.05, 0) is 20.0 Å². The van der Waals surface area contributed by atoms with E-state index in [4.69, 9.17) is 11.6 Å². The van der Waals surface area contributed by atoms with Crippen molar-refractivity contribution in [2.75, 3.05) is 26.0 Å². The third-order valence-electron chi connectivity index (χ3n) is 2.08. The number of likely N-dealkylation sites (tertiary alicyclic amines) is 1. The first-order chi connectivity index (χ1) is 5.72. The van der Waals surface area contributed by atoms with Gasteiger partial charge in [0.15, 0.2) is 0 Å². The van der Waals surface area contributed by atoms with Gasteiger partial charge in [-0.15, -0.1) is 11.6 Å². The van der Waals surface area contributed by atoms with Gasteiger partial charge < -0.3 is 10.2 Å². The molecular formula is C8H15ClN2O. The van der Waals surface area contributed by atoms with Gasteiger partial charge in [-0.3, -0.25) is 4.79 Å². The second-order valence-corrected chi connectivity index (χ2v) is 3.63. The minimum atomic E-state index is 0.0744. The molecule has 1 amide bonds. The number of carbonyl (C=O) groups excluding carboxylic acids is 1. The number of halogens is 1. The van der Waals surface area contributed by atoms with Gasteiger partial charge in [-0.25, -0.2) is 0 Å². The van der Waals surface area contributed by atoms with Crippen molar-refractivity contribution in [1.82, 2.24) is 10.2 Å². The van der Waals surface area contributed by atoms with Crippen LogP contribution < -0.4 is 5.32 Å². The second kappa shape index (κ2) is 4.67. The molecule has 70 valence electrons. The number of nitrogens with zero attached hydrogens (tertiary/aromatic N) is 1. The van der Waals surface area contributed by atoms with Crippen LogP contribution in [0, 0.1) is 0 Å². The summed E-state index contributed by atoms with van der Waals surface area (Å²) in [6.07, 6.45) is 1.49. The predicted octanol–water partition coefficient (Wildman–Crippen LogP) is 0.436. The average Bonchev–Trinajstić information content (AvgIpc) is 2.36. The Morgan fingerprint density at radius 1 is 1.75 bits per heavy atom. The second-order valence-electron chi connectivity index (χ2n) is 3.25. The highest BCUT2D eigenvalue weighted by molar-refractivity contribution is 6.18. The van der Waals surface area contributed by atoms with Crippen LogP contribution in [0.4, 0.5) is 0 Å². The van der Waals surface area contributed by atoms with Crippen LogP contribution in [0.3, 0.4) is 0 Å². The molecule has 0 aromatic heterocycles. The fourth-order valence-corrected chi connectivity index (χ4v) is 1.61. The molecule has 1 aliphatic rings. The van der Waals surface area contributed by atoms with Gasteiger partial charge >= 0.3 is 0 Å². The number of amides is 1. The number of hydrogen-bond donors (Lipinski definition) is 1. The molecule has 0 aromatic rings. The molecule has 4 heteroatoms. The first kappa shape index (κ1) is 9.81. The first-order valence-corrected chi connectivity index (χ1v) is 4.79. The van der Waals surface area contributed by atoms with E-state index < -0.39 is 0 Å². The molecular weight excluding hydrogens is 176 g/mol. The summed E-state index contributed by atoms with van der Waals surface area (Å²) >= 11 is 5.44. The zero-order chi connectivity index (χ0) is 8.97. The van der Waals surface area contributed by atoms with Crippen LogP contribution in [-0.2, 0) is 4.79 Å². The van der Waals surface area contributed by atoms with Gasteiger partial charge in [-0.1, -0.05) is 0 Å². The lowest BCUT2D eigenvalue weighted by Gasteiger charge is -2.11. The third-order valence-corrected chi connectivity index (χ3v) is 2.27. The fraction of sp³-hybridized carbons (Fsp3) is 0.875. The highest BCUT2D eigenvalue weighted by atomic mass is 35.5. The molecule has 1 rings (SSSR count). The Kier molecular flexibility index (Phi) is 3.82. The monoisotopic (exact) mass is 190 g/mol. The molecule has 1 atom stereocenters. The largest absolute Gasteiger partial charge is 0.352 e. The quantitative estimate of drug-likeness (QED) is 0.655. The van der Waals surface area contributed by atoms with E-state index in [9.17, 15) is 4.79 Å². The highest BCUT2D eigenvalue weighted by Gasteiger charge is 2.20. The summed E-state index contributed by atoms with van der Waals surface area (Å²) in [6, 6.07) is 0.339. The van der Waals surface area contributed by atoms with Crippen molar-refractivity contribution in [1.29, 1.82) is 0 Å². The highest BCUT2D eigenvalue weighted by Crippen LogP contribution is 2.05. The molecule has 0 spiro atoms. The van der Waals surface area contributed by atoms with Crippen LogP contribution in [0.5, 0.6) is 0 Å². The summed E-state index contributed by atoms with van der Waals surface area (Å²) < 4.78 is 0. The zero-order valence-corrected chi connectivity index (χ0v) is 8.10. The minimum absolute atomic E-state index is 0.0744. The van der Waals surface area contributed by atoms with Crippen molar-refractivity contribution in [2.45, 2.75) is 18.9 Å². The van der Waals surface area contributed by atoms with Crippen LogP contribution in [0.2, 0.25) is 0 Å². The summed E-state index contributed by atoms with van der Waals surface area (Å²) in [6.45, 7) is 2.04. The number of rotatable bonds is 3. The van der Waals surface area contributed by atoms with E-state index in [1.807, 2.05) is 0 Å². The van der Waals surface area contributed by atoms with E-state index >= 15 is 0 Å². The summed E-state index contributed by atoms with van der Waals surface area (Å²) in [5.41, 5.74) is 0. The van der Waals surface area contributed by atoms with Crippen LogP contribution >= 0.6 is 11.6 Å². The Morgan fingerprint density at radius 3 is 3.00 bits per heavy atom. The molecule has 0 radical (unpaired) electrons. The molecule has 1 N–H and O–H groups in total. The molecule has 1 aliphatic heterocycles. The van der Waals surface area contributed by atoms with Gasteiger partial charge in [-0.2, -0.15) is 0 Å². The molecule has 0 bridgehead atoms. The Bertz CT molecular complexity index is 163. The van der Waals surface area contributed by atoms with Crippen molar-refractivity contribution >= 4 is 17.5 Å². The number of alkyl halides is 1. The average molecular weight is 191 g/mol. The van der Waals surface area contributed by atoms with Gasteiger partial charge in [0, 0.05) is 24.9 Å². The summed E-state index contributed by atoms with van der Waals surface area (Å²) in [5.74, 6) is 0.485. The molecule has 0 saturated carbocycles. The van der Waals surface area contributed by atoms with Crippen LogP contribution in [0.25, 0.3) is 0 Å². The molecule has 1 saturated heterocycles. The maximum Gasteiger partial charge on any atom is 0.221 e. The smallest absolute Gasteiger partial charge is 0.221 e. The maximum absolute atomic E-state index is 11.1. The van der Waals surface area contributed by atoms with E-state index in [-0.39, 0.29) is 5.91 Å². The Morgan fingerprint density at radius 2 is 2.50 bits per heavy atom. The Labute approximate surface area is 78.1 Å².